The molecule has 3 aromatic heterocycles. The lowest BCUT2D eigenvalue weighted by Gasteiger charge is -2.09. The van der Waals surface area contributed by atoms with Gasteiger partial charge in [0, 0.05) is 30.2 Å². The Balaban J connectivity index is 1.77. The van der Waals surface area contributed by atoms with Crippen molar-refractivity contribution in [1.29, 1.82) is 0 Å². The number of halogens is 2. The summed E-state index contributed by atoms with van der Waals surface area (Å²) >= 11 is 0. The molecule has 3 heterocycles. The first-order valence-corrected chi connectivity index (χ1v) is 8.99. The second kappa shape index (κ2) is 7.12. The van der Waals surface area contributed by atoms with Gasteiger partial charge in [0.1, 0.15) is 17.3 Å². The lowest BCUT2D eigenvalue weighted by atomic mass is 10.0. The largest absolute Gasteiger partial charge is 0.328 e. The van der Waals surface area contributed by atoms with Gasteiger partial charge < -0.3 is 5.73 Å². The molecule has 0 aliphatic heterocycles. The molecule has 0 spiro atoms. The molecule has 0 bridgehead atoms. The number of nitrogens with one attached hydrogen (secondary N) is 1. The van der Waals surface area contributed by atoms with Crippen LogP contribution in [0.4, 0.5) is 8.78 Å². The van der Waals surface area contributed by atoms with Crippen molar-refractivity contribution in [2.45, 2.75) is 25.8 Å². The number of aromatic amines is 1. The molecular weight excluding hydrogens is 362 g/mol. The molecule has 0 saturated heterocycles. The molecule has 4 rings (SSSR count). The van der Waals surface area contributed by atoms with Crippen LogP contribution in [0.25, 0.3) is 33.4 Å². The first-order valence-electron chi connectivity index (χ1n) is 8.99. The highest BCUT2D eigenvalue weighted by atomic mass is 19.1. The third kappa shape index (κ3) is 3.38. The number of pyridine rings is 1. The maximum atomic E-state index is 14.7. The summed E-state index contributed by atoms with van der Waals surface area (Å²) in [5, 5.41) is 12.1. The summed E-state index contributed by atoms with van der Waals surface area (Å²) in [6.07, 6.45) is 6.21. The quantitative estimate of drug-likeness (QED) is 0.552. The summed E-state index contributed by atoms with van der Waals surface area (Å²) in [7, 11) is 1.81. The highest BCUT2D eigenvalue weighted by Crippen LogP contribution is 2.31. The van der Waals surface area contributed by atoms with Crippen molar-refractivity contribution >= 4 is 10.9 Å². The number of H-pyrrole nitrogens is 1. The molecule has 0 saturated carbocycles. The Hall–Kier alpha value is -3.13. The van der Waals surface area contributed by atoms with Crippen molar-refractivity contribution in [3.63, 3.8) is 0 Å². The summed E-state index contributed by atoms with van der Waals surface area (Å²) in [6.45, 7) is 1.87. The highest BCUT2D eigenvalue weighted by molar-refractivity contribution is 5.94. The number of hydrogen-bond acceptors (Lipinski definition) is 4. The molecule has 0 fully saturated rings. The molecule has 28 heavy (non-hydrogen) atoms. The van der Waals surface area contributed by atoms with Gasteiger partial charge in [-0.2, -0.15) is 10.2 Å². The Morgan fingerprint density at radius 3 is 2.57 bits per heavy atom. The van der Waals surface area contributed by atoms with Gasteiger partial charge in [0.25, 0.3) is 0 Å². The fourth-order valence-corrected chi connectivity index (χ4v) is 3.23. The summed E-state index contributed by atoms with van der Waals surface area (Å²) in [5.41, 5.74) is 8.51. The van der Waals surface area contributed by atoms with Crippen molar-refractivity contribution in [2.24, 2.45) is 12.8 Å². The van der Waals surface area contributed by atoms with Gasteiger partial charge in [0.2, 0.25) is 0 Å². The summed E-state index contributed by atoms with van der Waals surface area (Å²) in [5.74, 6) is -1.28. The van der Waals surface area contributed by atoms with E-state index in [1.165, 1.54) is 18.3 Å². The molecule has 6 nitrogen and oxygen atoms in total. The number of benzene rings is 1. The lowest BCUT2D eigenvalue weighted by molar-refractivity contribution is 0.581. The molecule has 144 valence electrons. The maximum absolute atomic E-state index is 14.7. The van der Waals surface area contributed by atoms with Crippen LogP contribution in [0.3, 0.4) is 0 Å². The van der Waals surface area contributed by atoms with E-state index in [0.717, 1.165) is 10.9 Å². The van der Waals surface area contributed by atoms with E-state index in [9.17, 15) is 8.78 Å². The summed E-state index contributed by atoms with van der Waals surface area (Å²) < 4.78 is 31.1. The molecule has 8 heteroatoms. The summed E-state index contributed by atoms with van der Waals surface area (Å²) in [4.78, 5) is 4.22. The van der Waals surface area contributed by atoms with Crippen molar-refractivity contribution in [1.82, 2.24) is 25.0 Å². The van der Waals surface area contributed by atoms with Crippen molar-refractivity contribution in [3.8, 4) is 22.5 Å². The smallest absolute Gasteiger partial charge is 0.135 e. The second-order valence-corrected chi connectivity index (χ2v) is 7.04. The zero-order chi connectivity index (χ0) is 19.8. The first kappa shape index (κ1) is 18.2. The van der Waals surface area contributed by atoms with Gasteiger partial charge in [0.05, 0.1) is 29.2 Å². The Morgan fingerprint density at radius 2 is 1.93 bits per heavy atom. The van der Waals surface area contributed by atoms with E-state index in [1.54, 1.807) is 16.9 Å². The van der Waals surface area contributed by atoms with Crippen LogP contribution >= 0.6 is 0 Å². The number of hydrogen-bond donors (Lipinski definition) is 2. The van der Waals surface area contributed by atoms with E-state index >= 15 is 0 Å². The minimum atomic E-state index is -0.641. The number of nitrogens with two attached hydrogens (primary N) is 1. The van der Waals surface area contributed by atoms with Crippen LogP contribution in [0.5, 0.6) is 0 Å². The van der Waals surface area contributed by atoms with Crippen molar-refractivity contribution < 1.29 is 8.78 Å². The Labute approximate surface area is 160 Å². The van der Waals surface area contributed by atoms with Crippen LogP contribution in [-0.2, 0) is 13.5 Å². The Bertz CT molecular complexity index is 1120. The van der Waals surface area contributed by atoms with E-state index in [4.69, 9.17) is 5.73 Å². The molecule has 0 amide bonds. The maximum Gasteiger partial charge on any atom is 0.135 e. The molecule has 1 aromatic carbocycles. The monoisotopic (exact) mass is 382 g/mol. The molecule has 0 aliphatic carbocycles. The molecular formula is C20H20F2N6. The first-order chi connectivity index (χ1) is 13.4. The standard InChI is InChI=1S/C20H20F2N6/c1-11(23)3-4-12-5-15(21)19(16(22)6-12)17-7-14-18(9-24-17)26-27-20(14)13-8-25-28(2)10-13/h5-11H,3-4,23H2,1-2H3,(H,26,27). The van der Waals surface area contributed by atoms with Gasteiger partial charge in [0.15, 0.2) is 0 Å². The van der Waals surface area contributed by atoms with Gasteiger partial charge in [-0.15, -0.1) is 0 Å². The molecule has 0 radical (unpaired) electrons. The fourth-order valence-electron chi connectivity index (χ4n) is 3.23. The minimum absolute atomic E-state index is 0.0261. The Morgan fingerprint density at radius 1 is 1.18 bits per heavy atom. The van der Waals surface area contributed by atoms with Crippen LogP contribution in [0, 0.1) is 11.6 Å². The zero-order valence-electron chi connectivity index (χ0n) is 15.6. The average Bonchev–Trinajstić information content (AvgIpc) is 3.25. The van der Waals surface area contributed by atoms with Gasteiger partial charge in [-0.1, -0.05) is 0 Å². The SMILES string of the molecule is CC(N)CCc1cc(F)c(-c2cc3c(-c4cnn(C)c4)n[nH]c3cn2)c(F)c1. The second-order valence-electron chi connectivity index (χ2n) is 7.04. The normalized spacial score (nSPS) is 12.6. The number of fused-ring (bicyclic) bond motifs is 1. The molecule has 1 unspecified atom stereocenters. The van der Waals surface area contributed by atoms with Gasteiger partial charge in [-0.3, -0.25) is 14.8 Å². The lowest BCUT2D eigenvalue weighted by Crippen LogP contribution is -2.15. The average molecular weight is 382 g/mol. The number of aryl methyl sites for hydroxylation is 2. The van der Waals surface area contributed by atoms with Gasteiger partial charge in [-0.25, -0.2) is 8.78 Å². The van der Waals surface area contributed by atoms with E-state index in [-0.39, 0.29) is 17.3 Å². The fraction of sp³-hybridized carbons (Fsp3) is 0.250. The van der Waals surface area contributed by atoms with E-state index in [0.29, 0.717) is 29.6 Å². The predicted molar refractivity (Wildman–Crippen MR) is 103 cm³/mol. The van der Waals surface area contributed by atoms with Crippen LogP contribution in [0.2, 0.25) is 0 Å². The topological polar surface area (TPSA) is 85.4 Å². The van der Waals surface area contributed by atoms with Crippen LogP contribution in [-0.4, -0.2) is 31.0 Å². The third-order valence-corrected chi connectivity index (χ3v) is 4.67. The van der Waals surface area contributed by atoms with Crippen molar-refractivity contribution in [2.75, 3.05) is 0 Å². The van der Waals surface area contributed by atoms with Gasteiger partial charge in [-0.05, 0) is 43.5 Å². The van der Waals surface area contributed by atoms with E-state index in [2.05, 4.69) is 20.3 Å². The van der Waals surface area contributed by atoms with Crippen LogP contribution < -0.4 is 5.73 Å². The predicted octanol–water partition coefficient (Wildman–Crippen LogP) is 3.58. The number of nitrogens with zero attached hydrogens (tertiary/aromatic N) is 4. The molecule has 3 N–H and O–H groups in total. The molecule has 1 atom stereocenters. The van der Waals surface area contributed by atoms with Crippen LogP contribution in [0.15, 0.2) is 36.8 Å². The summed E-state index contributed by atoms with van der Waals surface area (Å²) in [6, 6.07) is 4.32. The molecule has 4 aromatic rings. The van der Waals surface area contributed by atoms with E-state index in [1.807, 2.05) is 20.2 Å². The van der Waals surface area contributed by atoms with Gasteiger partial charge >= 0.3 is 0 Å². The number of aromatic nitrogens is 5. The minimum Gasteiger partial charge on any atom is -0.328 e. The van der Waals surface area contributed by atoms with E-state index < -0.39 is 11.6 Å². The van der Waals surface area contributed by atoms with Crippen LogP contribution in [0.1, 0.15) is 18.9 Å². The van der Waals surface area contributed by atoms with Crippen molar-refractivity contribution in [3.05, 3.63) is 54.0 Å². The zero-order valence-corrected chi connectivity index (χ0v) is 15.6. The Kier molecular flexibility index (Phi) is 4.64. The molecule has 0 aliphatic rings. The highest BCUT2D eigenvalue weighted by Gasteiger charge is 2.18. The third-order valence-electron chi connectivity index (χ3n) is 4.67. The number of rotatable bonds is 5.